The van der Waals surface area contributed by atoms with Gasteiger partial charge < -0.3 is 16.0 Å². The lowest BCUT2D eigenvalue weighted by molar-refractivity contribution is -0.115. The minimum atomic E-state index is -0.109. The number of hydrogen-bond donors (Lipinski definition) is 3. The Morgan fingerprint density at radius 2 is 1.68 bits per heavy atom. The van der Waals surface area contributed by atoms with Crippen LogP contribution in [0.5, 0.6) is 0 Å². The van der Waals surface area contributed by atoms with Crippen molar-refractivity contribution >= 4 is 41.5 Å². The molecule has 0 aliphatic heterocycles. The van der Waals surface area contributed by atoms with Gasteiger partial charge in [-0.3, -0.25) is 4.79 Å². The second-order valence-corrected chi connectivity index (χ2v) is 5.45. The van der Waals surface area contributed by atoms with Gasteiger partial charge in [-0.15, -0.1) is 24.0 Å². The van der Waals surface area contributed by atoms with Gasteiger partial charge in [0.2, 0.25) is 5.91 Å². The van der Waals surface area contributed by atoms with E-state index in [1.54, 1.807) is 0 Å². The molecule has 0 unspecified atom stereocenters. The Hall–Kier alpha value is -2.09. The highest BCUT2D eigenvalue weighted by Crippen LogP contribution is 2.05. The number of para-hydroxylation sites is 1. The molecule has 0 aromatic heterocycles. The first-order valence-corrected chi connectivity index (χ1v) is 8.10. The normalized spacial score (nSPS) is 10.6. The molecule has 0 spiro atoms. The number of aryl methyl sites for hydroxylation is 1. The van der Waals surface area contributed by atoms with Crippen LogP contribution >= 0.6 is 24.0 Å². The van der Waals surface area contributed by atoms with Gasteiger partial charge in [0.25, 0.3) is 0 Å². The fraction of sp³-hybridized carbons (Fsp3) is 0.263. The molecule has 2 rings (SSSR count). The van der Waals surface area contributed by atoms with Crippen molar-refractivity contribution in [2.75, 3.05) is 18.4 Å². The number of carbonyl (C=O) groups is 1. The fourth-order valence-corrected chi connectivity index (χ4v) is 2.10. The van der Waals surface area contributed by atoms with E-state index < -0.39 is 0 Å². The highest BCUT2D eigenvalue weighted by Gasteiger charge is 2.04. The number of anilines is 1. The molecule has 0 atom stereocenters. The lowest BCUT2D eigenvalue weighted by atomic mass is 10.1. The van der Waals surface area contributed by atoms with Crippen molar-refractivity contribution in [3.63, 3.8) is 0 Å². The van der Waals surface area contributed by atoms with Gasteiger partial charge in [-0.05, 0) is 31.5 Å². The van der Waals surface area contributed by atoms with E-state index in [9.17, 15) is 4.79 Å². The number of carbonyl (C=O) groups excluding carboxylic acids is 1. The van der Waals surface area contributed by atoms with Crippen LogP contribution < -0.4 is 16.0 Å². The monoisotopic (exact) mass is 452 g/mol. The van der Waals surface area contributed by atoms with Crippen LogP contribution in [-0.2, 0) is 11.3 Å². The summed E-state index contributed by atoms with van der Waals surface area (Å²) in [6, 6.07) is 17.6. The topological polar surface area (TPSA) is 65.5 Å². The first kappa shape index (κ1) is 21.0. The van der Waals surface area contributed by atoms with Crippen molar-refractivity contribution < 1.29 is 4.79 Å². The second kappa shape index (κ2) is 11.5. The lowest BCUT2D eigenvalue weighted by Gasteiger charge is -2.11. The molecule has 0 radical (unpaired) electrons. The summed E-state index contributed by atoms with van der Waals surface area (Å²) in [5.41, 5.74) is 3.14. The van der Waals surface area contributed by atoms with E-state index in [-0.39, 0.29) is 36.4 Å². The van der Waals surface area contributed by atoms with Crippen LogP contribution in [0.1, 0.15) is 18.1 Å². The summed E-state index contributed by atoms with van der Waals surface area (Å²) in [6.45, 7) is 5.52. The maximum atomic E-state index is 12.0. The number of nitrogens with one attached hydrogen (secondary N) is 3. The molecule has 25 heavy (non-hydrogen) atoms. The third kappa shape index (κ3) is 8.02. The van der Waals surface area contributed by atoms with E-state index in [1.165, 1.54) is 5.56 Å². The van der Waals surface area contributed by atoms with Crippen molar-refractivity contribution in [2.45, 2.75) is 20.4 Å². The maximum Gasteiger partial charge on any atom is 0.243 e. The molecule has 0 bridgehead atoms. The van der Waals surface area contributed by atoms with Crippen molar-refractivity contribution in [3.05, 3.63) is 65.7 Å². The Balaban J connectivity index is 0.00000312. The Bertz CT molecular complexity index is 672. The first-order valence-electron chi connectivity index (χ1n) is 8.10. The second-order valence-electron chi connectivity index (χ2n) is 5.45. The molecule has 3 N–H and O–H groups in total. The smallest absolute Gasteiger partial charge is 0.243 e. The average molecular weight is 452 g/mol. The number of rotatable bonds is 6. The number of aliphatic imine (C=N–C) groups is 1. The van der Waals surface area contributed by atoms with E-state index in [4.69, 9.17) is 0 Å². The molecule has 134 valence electrons. The first-order chi connectivity index (χ1) is 11.7. The molecule has 0 aliphatic rings. The molecule has 5 nitrogen and oxygen atoms in total. The number of benzene rings is 2. The van der Waals surface area contributed by atoms with Crippen molar-refractivity contribution in [1.82, 2.24) is 10.6 Å². The molecule has 2 aromatic rings. The zero-order chi connectivity index (χ0) is 17.2. The van der Waals surface area contributed by atoms with Crippen LogP contribution in [0.2, 0.25) is 0 Å². The molecule has 6 heteroatoms. The minimum Gasteiger partial charge on any atom is -0.357 e. The predicted molar refractivity (Wildman–Crippen MR) is 114 cm³/mol. The zero-order valence-corrected chi connectivity index (χ0v) is 16.9. The van der Waals surface area contributed by atoms with Gasteiger partial charge in [0.1, 0.15) is 0 Å². The van der Waals surface area contributed by atoms with Gasteiger partial charge in [-0.25, -0.2) is 4.99 Å². The third-order valence-electron chi connectivity index (χ3n) is 3.36. The fourth-order valence-electron chi connectivity index (χ4n) is 2.10. The predicted octanol–water partition coefficient (Wildman–Crippen LogP) is 3.31. The van der Waals surface area contributed by atoms with Crippen molar-refractivity contribution in [1.29, 1.82) is 0 Å². The van der Waals surface area contributed by atoms with Crippen LogP contribution in [0.3, 0.4) is 0 Å². The summed E-state index contributed by atoms with van der Waals surface area (Å²) in [5, 5.41) is 9.03. The Morgan fingerprint density at radius 3 is 2.32 bits per heavy atom. The van der Waals surface area contributed by atoms with E-state index in [1.807, 2.05) is 37.3 Å². The minimum absolute atomic E-state index is 0. The summed E-state index contributed by atoms with van der Waals surface area (Å²) in [6.07, 6.45) is 0. The van der Waals surface area contributed by atoms with Gasteiger partial charge in [0.05, 0.1) is 13.1 Å². The van der Waals surface area contributed by atoms with Crippen LogP contribution in [0.15, 0.2) is 59.6 Å². The summed E-state index contributed by atoms with van der Waals surface area (Å²) in [7, 11) is 0. The van der Waals surface area contributed by atoms with Crippen molar-refractivity contribution in [3.8, 4) is 0 Å². The van der Waals surface area contributed by atoms with Crippen LogP contribution in [-0.4, -0.2) is 25.0 Å². The molecular formula is C19H25IN4O. The van der Waals surface area contributed by atoms with E-state index in [2.05, 4.69) is 52.1 Å². The highest BCUT2D eigenvalue weighted by atomic mass is 127. The number of halogens is 1. The molecule has 0 fully saturated rings. The highest BCUT2D eigenvalue weighted by molar-refractivity contribution is 14.0. The van der Waals surface area contributed by atoms with Crippen LogP contribution in [0, 0.1) is 6.92 Å². The molecule has 0 heterocycles. The molecule has 1 amide bonds. The quantitative estimate of drug-likeness (QED) is 0.358. The van der Waals surface area contributed by atoms with Gasteiger partial charge in [-0.1, -0.05) is 48.0 Å². The number of guanidine groups is 1. The van der Waals surface area contributed by atoms with E-state index in [0.29, 0.717) is 12.5 Å². The SMILES string of the molecule is CCNC(=NCc1ccc(C)cc1)NCC(=O)Nc1ccccc1.I. The van der Waals surface area contributed by atoms with Gasteiger partial charge in [0, 0.05) is 12.2 Å². The summed E-state index contributed by atoms with van der Waals surface area (Å²) < 4.78 is 0. The summed E-state index contributed by atoms with van der Waals surface area (Å²) in [5.74, 6) is 0.517. The van der Waals surface area contributed by atoms with Crippen LogP contribution in [0.25, 0.3) is 0 Å². The lowest BCUT2D eigenvalue weighted by Crippen LogP contribution is -2.41. The summed E-state index contributed by atoms with van der Waals surface area (Å²) in [4.78, 5) is 16.5. The molecule has 0 saturated heterocycles. The van der Waals surface area contributed by atoms with Crippen LogP contribution in [0.4, 0.5) is 5.69 Å². The maximum absolute atomic E-state index is 12.0. The number of amides is 1. The molecular weight excluding hydrogens is 427 g/mol. The largest absolute Gasteiger partial charge is 0.357 e. The van der Waals surface area contributed by atoms with Gasteiger partial charge in [0.15, 0.2) is 5.96 Å². The Kier molecular flexibility index (Phi) is 9.61. The van der Waals surface area contributed by atoms with Crippen molar-refractivity contribution in [2.24, 2.45) is 4.99 Å². The van der Waals surface area contributed by atoms with E-state index >= 15 is 0 Å². The molecule has 2 aromatic carbocycles. The summed E-state index contributed by atoms with van der Waals surface area (Å²) >= 11 is 0. The standard InChI is InChI=1S/C19H24N4O.HI/c1-3-20-19(21-13-16-11-9-15(2)10-12-16)22-14-18(24)23-17-7-5-4-6-8-17;/h4-12H,3,13-14H2,1-2H3,(H,23,24)(H2,20,21,22);1H. The molecule has 0 aliphatic carbocycles. The average Bonchev–Trinajstić information content (AvgIpc) is 2.59. The molecule has 0 saturated carbocycles. The Morgan fingerprint density at radius 1 is 1.00 bits per heavy atom. The number of hydrogen-bond acceptors (Lipinski definition) is 2. The Labute approximate surface area is 166 Å². The van der Waals surface area contributed by atoms with Gasteiger partial charge in [-0.2, -0.15) is 0 Å². The zero-order valence-electron chi connectivity index (χ0n) is 14.6. The number of nitrogens with zero attached hydrogens (tertiary/aromatic N) is 1. The van der Waals surface area contributed by atoms with E-state index in [0.717, 1.165) is 17.8 Å². The van der Waals surface area contributed by atoms with Gasteiger partial charge >= 0.3 is 0 Å². The third-order valence-corrected chi connectivity index (χ3v) is 3.36.